The molecule has 0 spiro atoms. The summed E-state index contributed by atoms with van der Waals surface area (Å²) in [5.74, 6) is -0.0211. The second-order valence-corrected chi connectivity index (χ2v) is 5.79. The highest BCUT2D eigenvalue weighted by Gasteiger charge is 2.31. The number of anilines is 1. The summed E-state index contributed by atoms with van der Waals surface area (Å²) >= 11 is 1.23. The smallest absolute Gasteiger partial charge is 0.265 e. The maximum absolute atomic E-state index is 12.2. The number of aromatic nitrogens is 1. The van der Waals surface area contributed by atoms with Crippen LogP contribution in [0.25, 0.3) is 0 Å². The van der Waals surface area contributed by atoms with Crippen LogP contribution >= 0.6 is 11.3 Å². The molecule has 94 valence electrons. The topological polar surface area (TPSA) is 79.5 Å². The lowest BCUT2D eigenvalue weighted by Crippen LogP contribution is -2.45. The minimum atomic E-state index is -0.640. The largest absolute Gasteiger partial charge is 0.390 e. The lowest BCUT2D eigenvalue weighted by molar-refractivity contribution is -0.00190. The number of nitrogens with two attached hydrogens (primary N) is 1. The molecule has 2 rings (SSSR count). The van der Waals surface area contributed by atoms with Gasteiger partial charge in [0, 0.05) is 13.1 Å². The van der Waals surface area contributed by atoms with E-state index in [1.165, 1.54) is 11.3 Å². The fourth-order valence-electron chi connectivity index (χ4n) is 1.95. The highest BCUT2D eigenvalue weighted by Crippen LogP contribution is 2.26. The summed E-state index contributed by atoms with van der Waals surface area (Å²) in [7, 11) is 0. The Kier molecular flexibility index (Phi) is 3.09. The first-order valence-electron chi connectivity index (χ1n) is 5.64. The zero-order valence-corrected chi connectivity index (χ0v) is 10.9. The molecule has 1 aromatic heterocycles. The predicted molar refractivity (Wildman–Crippen MR) is 67.0 cm³/mol. The number of piperidine rings is 1. The Hall–Kier alpha value is -1.14. The molecule has 0 bridgehead atoms. The molecule has 6 heteroatoms. The van der Waals surface area contributed by atoms with Crippen LogP contribution in [0.4, 0.5) is 5.13 Å². The number of hydrogen-bond acceptors (Lipinski definition) is 5. The number of hydrogen-bond donors (Lipinski definition) is 2. The third-order valence-corrected chi connectivity index (χ3v) is 4.11. The number of amides is 1. The van der Waals surface area contributed by atoms with Gasteiger partial charge in [-0.1, -0.05) is 11.3 Å². The van der Waals surface area contributed by atoms with E-state index in [0.29, 0.717) is 41.6 Å². The normalized spacial score (nSPS) is 19.4. The van der Waals surface area contributed by atoms with Crippen LogP contribution < -0.4 is 5.73 Å². The van der Waals surface area contributed by atoms with E-state index in [2.05, 4.69) is 4.98 Å². The third-order valence-electron chi connectivity index (χ3n) is 3.14. The molecule has 0 atom stereocenters. The quantitative estimate of drug-likeness (QED) is 0.785. The average Bonchev–Trinajstić information content (AvgIpc) is 2.57. The van der Waals surface area contributed by atoms with Gasteiger partial charge in [0.2, 0.25) is 0 Å². The van der Waals surface area contributed by atoms with Crippen molar-refractivity contribution in [2.24, 2.45) is 0 Å². The van der Waals surface area contributed by atoms with Crippen LogP contribution in [-0.4, -0.2) is 39.6 Å². The first-order chi connectivity index (χ1) is 7.89. The molecule has 1 aliphatic rings. The molecule has 1 fully saturated rings. The fourth-order valence-corrected chi connectivity index (χ4v) is 2.75. The lowest BCUT2D eigenvalue weighted by Gasteiger charge is -2.35. The van der Waals surface area contributed by atoms with Crippen LogP contribution in [-0.2, 0) is 0 Å². The highest BCUT2D eigenvalue weighted by atomic mass is 32.1. The van der Waals surface area contributed by atoms with Gasteiger partial charge in [-0.25, -0.2) is 4.98 Å². The molecule has 0 saturated carbocycles. The molecule has 1 aromatic rings. The SMILES string of the molecule is Cc1nc(N)sc1C(=O)N1CCC(C)(O)CC1. The van der Waals surface area contributed by atoms with Gasteiger partial charge in [0.05, 0.1) is 11.3 Å². The van der Waals surface area contributed by atoms with Crippen molar-refractivity contribution in [3.63, 3.8) is 0 Å². The summed E-state index contributed by atoms with van der Waals surface area (Å²) in [4.78, 5) is 18.6. The Morgan fingerprint density at radius 1 is 1.53 bits per heavy atom. The molecule has 0 aliphatic carbocycles. The van der Waals surface area contributed by atoms with Crippen molar-refractivity contribution in [2.75, 3.05) is 18.8 Å². The van der Waals surface area contributed by atoms with Crippen molar-refractivity contribution >= 4 is 22.4 Å². The van der Waals surface area contributed by atoms with Crippen LogP contribution in [0.2, 0.25) is 0 Å². The van der Waals surface area contributed by atoms with Crippen molar-refractivity contribution in [3.05, 3.63) is 10.6 Å². The molecule has 2 heterocycles. The fraction of sp³-hybridized carbons (Fsp3) is 0.636. The molecule has 0 radical (unpaired) electrons. The van der Waals surface area contributed by atoms with Gasteiger partial charge in [0.1, 0.15) is 4.88 Å². The number of carbonyl (C=O) groups excluding carboxylic acids is 1. The van der Waals surface area contributed by atoms with Gasteiger partial charge < -0.3 is 15.7 Å². The van der Waals surface area contributed by atoms with Crippen LogP contribution in [0.1, 0.15) is 35.1 Å². The predicted octanol–water partition coefficient (Wildman–Crippen LogP) is 1.02. The van der Waals surface area contributed by atoms with E-state index in [-0.39, 0.29) is 5.91 Å². The van der Waals surface area contributed by atoms with Crippen molar-refractivity contribution in [3.8, 4) is 0 Å². The Labute approximate surface area is 104 Å². The van der Waals surface area contributed by atoms with E-state index in [1.807, 2.05) is 6.92 Å². The van der Waals surface area contributed by atoms with E-state index in [1.54, 1.807) is 11.8 Å². The Morgan fingerprint density at radius 2 is 2.12 bits per heavy atom. The van der Waals surface area contributed by atoms with Crippen molar-refractivity contribution in [1.82, 2.24) is 9.88 Å². The van der Waals surface area contributed by atoms with Crippen LogP contribution in [0.15, 0.2) is 0 Å². The van der Waals surface area contributed by atoms with Gasteiger partial charge >= 0.3 is 0 Å². The van der Waals surface area contributed by atoms with E-state index < -0.39 is 5.60 Å². The number of nitrogens with zero attached hydrogens (tertiary/aromatic N) is 2. The number of thiazole rings is 1. The first-order valence-corrected chi connectivity index (χ1v) is 6.45. The maximum Gasteiger partial charge on any atom is 0.265 e. The molecule has 1 aliphatic heterocycles. The van der Waals surface area contributed by atoms with Crippen molar-refractivity contribution in [1.29, 1.82) is 0 Å². The van der Waals surface area contributed by atoms with Gasteiger partial charge in [-0.2, -0.15) is 0 Å². The summed E-state index contributed by atoms with van der Waals surface area (Å²) in [6, 6.07) is 0. The number of aliphatic hydroxyl groups is 1. The van der Waals surface area contributed by atoms with E-state index >= 15 is 0 Å². The number of likely N-dealkylation sites (tertiary alicyclic amines) is 1. The third kappa shape index (κ3) is 2.58. The Bertz CT molecular complexity index is 432. The molecule has 3 N–H and O–H groups in total. The Morgan fingerprint density at radius 3 is 2.59 bits per heavy atom. The number of aryl methyl sites for hydroxylation is 1. The van der Waals surface area contributed by atoms with Crippen LogP contribution in [0.5, 0.6) is 0 Å². The molecule has 0 unspecified atom stereocenters. The molecule has 0 aromatic carbocycles. The van der Waals surface area contributed by atoms with Crippen LogP contribution in [0.3, 0.4) is 0 Å². The molecule has 1 saturated heterocycles. The maximum atomic E-state index is 12.2. The van der Waals surface area contributed by atoms with E-state index in [4.69, 9.17) is 5.73 Å². The number of rotatable bonds is 1. The summed E-state index contributed by atoms with van der Waals surface area (Å²) in [5.41, 5.74) is 5.64. The standard InChI is InChI=1S/C11H17N3O2S/c1-7-8(17-10(12)13-7)9(15)14-5-3-11(2,16)4-6-14/h16H,3-6H2,1-2H3,(H2,12,13). The van der Waals surface area contributed by atoms with Gasteiger partial charge in [-0.05, 0) is 26.7 Å². The second-order valence-electron chi connectivity index (χ2n) is 4.76. The number of carbonyl (C=O) groups is 1. The zero-order valence-electron chi connectivity index (χ0n) is 10.1. The summed E-state index contributed by atoms with van der Waals surface area (Å²) in [6.07, 6.45) is 1.23. The second kappa shape index (κ2) is 4.27. The van der Waals surface area contributed by atoms with Crippen LogP contribution in [0, 0.1) is 6.92 Å². The molecule has 17 heavy (non-hydrogen) atoms. The lowest BCUT2D eigenvalue weighted by atomic mass is 9.94. The monoisotopic (exact) mass is 255 g/mol. The van der Waals surface area contributed by atoms with Crippen molar-refractivity contribution < 1.29 is 9.90 Å². The highest BCUT2D eigenvalue weighted by molar-refractivity contribution is 7.17. The van der Waals surface area contributed by atoms with E-state index in [0.717, 1.165) is 0 Å². The molecule has 5 nitrogen and oxygen atoms in total. The summed E-state index contributed by atoms with van der Waals surface area (Å²) < 4.78 is 0. The first kappa shape index (κ1) is 12.3. The van der Waals surface area contributed by atoms with Gasteiger partial charge in [-0.3, -0.25) is 4.79 Å². The summed E-state index contributed by atoms with van der Waals surface area (Å²) in [6.45, 7) is 4.77. The van der Waals surface area contributed by atoms with E-state index in [9.17, 15) is 9.90 Å². The summed E-state index contributed by atoms with van der Waals surface area (Å²) in [5, 5.41) is 10.3. The van der Waals surface area contributed by atoms with Gasteiger partial charge in [0.25, 0.3) is 5.91 Å². The minimum Gasteiger partial charge on any atom is -0.390 e. The van der Waals surface area contributed by atoms with Gasteiger partial charge in [0.15, 0.2) is 5.13 Å². The average molecular weight is 255 g/mol. The van der Waals surface area contributed by atoms with Gasteiger partial charge in [-0.15, -0.1) is 0 Å². The molecule has 1 amide bonds. The minimum absolute atomic E-state index is 0.0211. The molecular formula is C11H17N3O2S. The van der Waals surface area contributed by atoms with Crippen molar-refractivity contribution in [2.45, 2.75) is 32.3 Å². The Balaban J connectivity index is 2.09. The number of nitrogen functional groups attached to an aromatic ring is 1. The molecular weight excluding hydrogens is 238 g/mol. The zero-order chi connectivity index (χ0) is 12.6.